The Hall–Kier alpha value is -1.50. The molecule has 0 radical (unpaired) electrons. The van der Waals surface area contributed by atoms with E-state index < -0.39 is 0 Å². The number of fused-ring (bicyclic) bond motifs is 5. The first-order valence-corrected chi connectivity index (χ1v) is 6.16. The third-order valence-corrected chi connectivity index (χ3v) is 4.20. The number of benzene rings is 1. The summed E-state index contributed by atoms with van der Waals surface area (Å²) in [7, 11) is 0. The van der Waals surface area contributed by atoms with E-state index in [9.17, 15) is 0 Å². The van der Waals surface area contributed by atoms with Crippen LogP contribution in [0, 0.1) is 6.92 Å². The van der Waals surface area contributed by atoms with E-state index in [1.54, 1.807) is 22.5 Å². The second kappa shape index (κ2) is 2.79. The molecule has 0 atom stereocenters. The lowest BCUT2D eigenvalue weighted by atomic mass is 10.1. The Morgan fingerprint density at radius 3 is 2.88 bits per heavy atom. The minimum atomic E-state index is 1.13. The molecule has 1 nitrogen and oxygen atoms in total. The van der Waals surface area contributed by atoms with E-state index in [2.05, 4.69) is 35.8 Å². The third-order valence-electron chi connectivity index (χ3n) is 4.20. The van der Waals surface area contributed by atoms with Crippen molar-refractivity contribution in [2.75, 3.05) is 0 Å². The molecule has 2 aromatic rings. The molecule has 4 rings (SSSR count). The van der Waals surface area contributed by atoms with Crippen molar-refractivity contribution >= 4 is 0 Å². The van der Waals surface area contributed by atoms with Crippen LogP contribution < -0.4 is 0 Å². The zero-order chi connectivity index (χ0) is 10.7. The number of para-hydroxylation sites is 1. The Morgan fingerprint density at radius 2 is 1.94 bits per heavy atom. The highest BCUT2D eigenvalue weighted by atomic mass is 15.0. The maximum atomic E-state index is 2.53. The van der Waals surface area contributed by atoms with Crippen molar-refractivity contribution in [2.45, 2.75) is 32.6 Å². The summed E-state index contributed by atoms with van der Waals surface area (Å²) in [5, 5.41) is 0. The van der Waals surface area contributed by atoms with Gasteiger partial charge in [-0.2, -0.15) is 0 Å². The molecule has 1 aliphatic heterocycles. The molecule has 0 amide bonds. The van der Waals surface area contributed by atoms with E-state index in [-0.39, 0.29) is 0 Å². The van der Waals surface area contributed by atoms with E-state index in [0.717, 1.165) is 6.42 Å². The lowest BCUT2D eigenvalue weighted by molar-refractivity contribution is 0.850. The SMILES string of the molecule is Cc1c2c(n3c1Cc1ccccc1-3)CCC2. The van der Waals surface area contributed by atoms with E-state index in [0.29, 0.717) is 0 Å². The fourth-order valence-corrected chi connectivity index (χ4v) is 3.44. The molecule has 0 bridgehead atoms. The summed E-state index contributed by atoms with van der Waals surface area (Å²) in [4.78, 5) is 0. The van der Waals surface area contributed by atoms with Gasteiger partial charge in [0.15, 0.2) is 0 Å². The Kier molecular flexibility index (Phi) is 1.50. The molecule has 1 aliphatic carbocycles. The average molecular weight is 209 g/mol. The molecule has 1 aromatic heterocycles. The zero-order valence-electron chi connectivity index (χ0n) is 9.59. The monoisotopic (exact) mass is 209 g/mol. The molecule has 80 valence electrons. The lowest BCUT2D eigenvalue weighted by Gasteiger charge is -2.06. The number of aromatic nitrogens is 1. The van der Waals surface area contributed by atoms with E-state index in [1.165, 1.54) is 30.5 Å². The topological polar surface area (TPSA) is 4.93 Å². The number of hydrogen-bond acceptors (Lipinski definition) is 0. The molecule has 16 heavy (non-hydrogen) atoms. The highest BCUT2D eigenvalue weighted by Crippen LogP contribution is 2.39. The summed E-state index contributed by atoms with van der Waals surface area (Å²) in [6.45, 7) is 2.31. The van der Waals surface area contributed by atoms with Crippen LogP contribution in [0.3, 0.4) is 0 Å². The van der Waals surface area contributed by atoms with E-state index in [4.69, 9.17) is 0 Å². The van der Waals surface area contributed by atoms with Gasteiger partial charge in [0.25, 0.3) is 0 Å². The van der Waals surface area contributed by atoms with Crippen molar-refractivity contribution in [2.24, 2.45) is 0 Å². The Labute approximate surface area is 95.7 Å². The van der Waals surface area contributed by atoms with Crippen LogP contribution in [0.2, 0.25) is 0 Å². The molecule has 2 aliphatic rings. The average Bonchev–Trinajstić information content (AvgIpc) is 2.94. The summed E-state index contributed by atoms with van der Waals surface area (Å²) in [6, 6.07) is 8.85. The Bertz CT molecular complexity index is 590. The molecular weight excluding hydrogens is 194 g/mol. The van der Waals surface area contributed by atoms with Crippen molar-refractivity contribution in [1.82, 2.24) is 4.57 Å². The fourth-order valence-electron chi connectivity index (χ4n) is 3.44. The van der Waals surface area contributed by atoms with Crippen molar-refractivity contribution in [3.05, 3.63) is 52.3 Å². The molecule has 0 unspecified atom stereocenters. The van der Waals surface area contributed by atoms with Crippen LogP contribution in [0.5, 0.6) is 0 Å². The van der Waals surface area contributed by atoms with Gasteiger partial charge in [-0.25, -0.2) is 0 Å². The molecular formula is C15H15N. The van der Waals surface area contributed by atoms with Crippen LogP contribution >= 0.6 is 0 Å². The first-order valence-electron chi connectivity index (χ1n) is 6.16. The lowest BCUT2D eigenvalue weighted by Crippen LogP contribution is -1.97. The summed E-state index contributed by atoms with van der Waals surface area (Å²) in [5.41, 5.74) is 9.27. The number of hydrogen-bond donors (Lipinski definition) is 0. The number of nitrogens with zero attached hydrogens (tertiary/aromatic N) is 1. The molecule has 2 heterocycles. The first-order chi connectivity index (χ1) is 7.86. The van der Waals surface area contributed by atoms with Gasteiger partial charge in [0.05, 0.1) is 0 Å². The van der Waals surface area contributed by atoms with Crippen LogP contribution in [0.25, 0.3) is 5.69 Å². The van der Waals surface area contributed by atoms with Crippen molar-refractivity contribution in [3.8, 4) is 5.69 Å². The maximum Gasteiger partial charge on any atom is 0.0491 e. The normalized spacial score (nSPS) is 16.1. The maximum absolute atomic E-state index is 2.53. The van der Waals surface area contributed by atoms with Crippen molar-refractivity contribution in [3.63, 3.8) is 0 Å². The molecule has 0 N–H and O–H groups in total. The third kappa shape index (κ3) is 0.874. The summed E-state index contributed by atoms with van der Waals surface area (Å²) in [6.07, 6.45) is 5.04. The summed E-state index contributed by atoms with van der Waals surface area (Å²) < 4.78 is 2.53. The second-order valence-corrected chi connectivity index (χ2v) is 4.99. The summed E-state index contributed by atoms with van der Waals surface area (Å²) >= 11 is 0. The van der Waals surface area contributed by atoms with Crippen molar-refractivity contribution in [1.29, 1.82) is 0 Å². The van der Waals surface area contributed by atoms with Gasteiger partial charge >= 0.3 is 0 Å². The van der Waals surface area contributed by atoms with Gasteiger partial charge < -0.3 is 4.57 Å². The highest BCUT2D eigenvalue weighted by Gasteiger charge is 2.29. The van der Waals surface area contributed by atoms with Crippen LogP contribution in [-0.4, -0.2) is 4.57 Å². The molecule has 0 spiro atoms. The first kappa shape index (κ1) is 8.63. The Balaban J connectivity index is 2.07. The summed E-state index contributed by atoms with van der Waals surface area (Å²) in [5.74, 6) is 0. The van der Waals surface area contributed by atoms with Gasteiger partial charge in [-0.3, -0.25) is 0 Å². The fraction of sp³-hybridized carbons (Fsp3) is 0.333. The smallest absolute Gasteiger partial charge is 0.0491 e. The van der Waals surface area contributed by atoms with E-state index in [1.807, 2.05) is 0 Å². The van der Waals surface area contributed by atoms with Crippen LogP contribution in [0.15, 0.2) is 24.3 Å². The minimum Gasteiger partial charge on any atom is -0.317 e. The molecule has 0 fully saturated rings. The van der Waals surface area contributed by atoms with Crippen molar-refractivity contribution < 1.29 is 0 Å². The van der Waals surface area contributed by atoms with Gasteiger partial charge in [-0.1, -0.05) is 18.2 Å². The predicted molar refractivity (Wildman–Crippen MR) is 65.3 cm³/mol. The molecule has 1 aromatic carbocycles. The highest BCUT2D eigenvalue weighted by molar-refractivity contribution is 5.58. The standard InChI is InChI=1S/C15H15N/c1-10-12-6-4-8-14(12)16-13-7-3-2-5-11(13)9-15(10)16/h2-3,5,7H,4,6,8-9H2,1H3. The molecule has 0 saturated heterocycles. The predicted octanol–water partition coefficient (Wildman–Crippen LogP) is 3.18. The molecule has 1 heteroatoms. The van der Waals surface area contributed by atoms with Gasteiger partial charge in [-0.15, -0.1) is 0 Å². The zero-order valence-corrected chi connectivity index (χ0v) is 9.59. The second-order valence-electron chi connectivity index (χ2n) is 4.99. The largest absolute Gasteiger partial charge is 0.317 e. The van der Waals surface area contributed by atoms with Crippen LogP contribution in [0.4, 0.5) is 0 Å². The van der Waals surface area contributed by atoms with Gasteiger partial charge in [-0.05, 0) is 48.9 Å². The van der Waals surface area contributed by atoms with Crippen LogP contribution in [0.1, 0.15) is 34.5 Å². The minimum absolute atomic E-state index is 1.13. The van der Waals surface area contributed by atoms with Gasteiger partial charge in [0.2, 0.25) is 0 Å². The van der Waals surface area contributed by atoms with Gasteiger partial charge in [0.1, 0.15) is 0 Å². The molecule has 0 saturated carbocycles. The van der Waals surface area contributed by atoms with Crippen LogP contribution in [-0.2, 0) is 19.3 Å². The van der Waals surface area contributed by atoms with E-state index >= 15 is 0 Å². The quantitative estimate of drug-likeness (QED) is 0.536. The Morgan fingerprint density at radius 1 is 1.06 bits per heavy atom. The van der Waals surface area contributed by atoms with Gasteiger partial charge in [0, 0.05) is 23.5 Å². The number of rotatable bonds is 0.